The number of hydrogen-bond acceptors (Lipinski definition) is 5. The van der Waals surface area contributed by atoms with Crippen LogP contribution in [0.2, 0.25) is 0 Å². The number of ether oxygens (including phenoxy) is 2. The minimum atomic E-state index is -0.130. The number of piperazine rings is 1. The van der Waals surface area contributed by atoms with Gasteiger partial charge in [-0.05, 0) is 29.3 Å². The molecule has 2 aliphatic heterocycles. The zero-order valence-corrected chi connectivity index (χ0v) is 20.3. The Labute approximate surface area is 211 Å². The SMILES string of the molecule is O=C(NCCN1CCN(C(=O)CC(c2ccccc2)c2ccccc2)CC1)c1ccc2c(c1)OCO2. The summed E-state index contributed by atoms with van der Waals surface area (Å²) in [7, 11) is 0. The lowest BCUT2D eigenvalue weighted by molar-refractivity contribution is -0.133. The van der Waals surface area contributed by atoms with E-state index in [9.17, 15) is 9.59 Å². The van der Waals surface area contributed by atoms with Gasteiger partial charge in [-0.2, -0.15) is 0 Å². The van der Waals surface area contributed by atoms with E-state index in [0.29, 0.717) is 43.1 Å². The molecule has 3 aromatic rings. The molecule has 0 saturated carbocycles. The van der Waals surface area contributed by atoms with Crippen molar-refractivity contribution >= 4 is 11.8 Å². The predicted molar refractivity (Wildman–Crippen MR) is 137 cm³/mol. The second-order valence-electron chi connectivity index (χ2n) is 9.12. The Morgan fingerprint density at radius 1 is 0.806 bits per heavy atom. The van der Waals surface area contributed by atoms with E-state index in [4.69, 9.17) is 9.47 Å². The topological polar surface area (TPSA) is 71.1 Å². The zero-order chi connectivity index (χ0) is 24.7. The van der Waals surface area contributed by atoms with Gasteiger partial charge in [-0.25, -0.2) is 0 Å². The van der Waals surface area contributed by atoms with Crippen molar-refractivity contribution in [3.05, 3.63) is 95.6 Å². The standard InChI is InChI=1S/C29H31N3O4/c33-28(20-25(22-7-3-1-4-8-22)23-9-5-2-6-10-23)32-17-15-31(16-18-32)14-13-30-29(34)24-11-12-26-27(19-24)36-21-35-26/h1-12,19,25H,13-18,20-21H2,(H,30,34). The summed E-state index contributed by atoms with van der Waals surface area (Å²) in [6, 6.07) is 25.7. The van der Waals surface area contributed by atoms with Crippen molar-refractivity contribution in [3.8, 4) is 11.5 Å². The van der Waals surface area contributed by atoms with Gasteiger partial charge in [0.2, 0.25) is 12.7 Å². The molecule has 1 saturated heterocycles. The number of carbonyl (C=O) groups excluding carboxylic acids is 2. The maximum Gasteiger partial charge on any atom is 0.251 e. The fraction of sp³-hybridized carbons (Fsp3) is 0.310. The summed E-state index contributed by atoms with van der Waals surface area (Å²) in [5, 5.41) is 2.98. The molecule has 36 heavy (non-hydrogen) atoms. The van der Waals surface area contributed by atoms with Crippen LogP contribution in [-0.2, 0) is 4.79 Å². The number of rotatable bonds is 8. The Kier molecular flexibility index (Phi) is 7.47. The molecule has 0 atom stereocenters. The molecule has 2 heterocycles. The van der Waals surface area contributed by atoms with Gasteiger partial charge in [0.1, 0.15) is 0 Å². The van der Waals surface area contributed by atoms with Gasteiger partial charge >= 0.3 is 0 Å². The molecule has 1 fully saturated rings. The van der Waals surface area contributed by atoms with Crippen LogP contribution in [0.3, 0.4) is 0 Å². The average Bonchev–Trinajstić information content (AvgIpc) is 3.41. The molecular weight excluding hydrogens is 454 g/mol. The van der Waals surface area contributed by atoms with Crippen LogP contribution >= 0.6 is 0 Å². The first-order valence-corrected chi connectivity index (χ1v) is 12.5. The van der Waals surface area contributed by atoms with Crippen molar-refractivity contribution in [1.82, 2.24) is 15.1 Å². The molecule has 0 radical (unpaired) electrons. The van der Waals surface area contributed by atoms with Gasteiger partial charge in [0.15, 0.2) is 11.5 Å². The van der Waals surface area contributed by atoms with Crippen LogP contribution in [0.25, 0.3) is 0 Å². The van der Waals surface area contributed by atoms with E-state index >= 15 is 0 Å². The van der Waals surface area contributed by atoms with E-state index in [-0.39, 0.29) is 24.5 Å². The third-order valence-corrected chi connectivity index (χ3v) is 6.86. The second kappa shape index (κ2) is 11.3. The monoisotopic (exact) mass is 485 g/mol. The summed E-state index contributed by atoms with van der Waals surface area (Å²) in [5.41, 5.74) is 2.88. The third-order valence-electron chi connectivity index (χ3n) is 6.86. The van der Waals surface area contributed by atoms with Gasteiger partial charge < -0.3 is 19.7 Å². The molecule has 7 heteroatoms. The highest BCUT2D eigenvalue weighted by molar-refractivity contribution is 5.94. The van der Waals surface area contributed by atoms with Crippen LogP contribution in [0.4, 0.5) is 0 Å². The molecule has 0 spiro atoms. The number of hydrogen-bond donors (Lipinski definition) is 1. The first-order valence-electron chi connectivity index (χ1n) is 12.5. The third kappa shape index (κ3) is 5.69. The maximum absolute atomic E-state index is 13.2. The molecule has 1 N–H and O–H groups in total. The van der Waals surface area contributed by atoms with Gasteiger partial charge in [-0.1, -0.05) is 60.7 Å². The fourth-order valence-electron chi connectivity index (χ4n) is 4.79. The lowest BCUT2D eigenvalue weighted by Crippen LogP contribution is -2.50. The van der Waals surface area contributed by atoms with Crippen LogP contribution in [0.1, 0.15) is 33.8 Å². The number of nitrogens with one attached hydrogen (secondary N) is 1. The minimum absolute atomic E-state index is 0.0457. The van der Waals surface area contributed by atoms with Gasteiger partial charge in [0, 0.05) is 57.2 Å². The van der Waals surface area contributed by atoms with Crippen LogP contribution in [0.15, 0.2) is 78.9 Å². The van der Waals surface area contributed by atoms with Gasteiger partial charge in [-0.15, -0.1) is 0 Å². The second-order valence-corrected chi connectivity index (χ2v) is 9.12. The summed E-state index contributed by atoms with van der Waals surface area (Å²) >= 11 is 0. The Bertz CT molecular complexity index is 1140. The van der Waals surface area contributed by atoms with E-state index < -0.39 is 0 Å². The molecule has 0 bridgehead atoms. The zero-order valence-electron chi connectivity index (χ0n) is 20.3. The molecule has 2 amide bonds. The number of fused-ring (bicyclic) bond motifs is 1. The van der Waals surface area contributed by atoms with Crippen LogP contribution in [-0.4, -0.2) is 67.7 Å². The summed E-state index contributed by atoms with van der Waals surface area (Å²) in [6.07, 6.45) is 0.458. The van der Waals surface area contributed by atoms with Crippen molar-refractivity contribution in [1.29, 1.82) is 0 Å². The van der Waals surface area contributed by atoms with E-state index in [0.717, 1.165) is 30.8 Å². The Morgan fingerprint density at radius 3 is 2.11 bits per heavy atom. The number of amides is 2. The van der Waals surface area contributed by atoms with Crippen molar-refractivity contribution in [2.24, 2.45) is 0 Å². The summed E-state index contributed by atoms with van der Waals surface area (Å²) in [6.45, 7) is 4.48. The van der Waals surface area contributed by atoms with E-state index in [1.807, 2.05) is 41.3 Å². The van der Waals surface area contributed by atoms with E-state index in [1.54, 1.807) is 18.2 Å². The van der Waals surface area contributed by atoms with Crippen molar-refractivity contribution in [2.75, 3.05) is 46.1 Å². The van der Waals surface area contributed by atoms with Gasteiger partial charge in [0.05, 0.1) is 0 Å². The molecule has 186 valence electrons. The molecule has 0 aromatic heterocycles. The molecule has 0 unspecified atom stereocenters. The van der Waals surface area contributed by atoms with Crippen LogP contribution in [0.5, 0.6) is 11.5 Å². The highest BCUT2D eigenvalue weighted by Gasteiger charge is 2.25. The van der Waals surface area contributed by atoms with Crippen molar-refractivity contribution in [3.63, 3.8) is 0 Å². The van der Waals surface area contributed by atoms with Crippen molar-refractivity contribution < 1.29 is 19.1 Å². The Hall–Kier alpha value is -3.84. The minimum Gasteiger partial charge on any atom is -0.454 e. The van der Waals surface area contributed by atoms with Crippen molar-refractivity contribution in [2.45, 2.75) is 12.3 Å². The fourth-order valence-corrected chi connectivity index (χ4v) is 4.79. The molecule has 3 aromatic carbocycles. The lowest BCUT2D eigenvalue weighted by atomic mass is 9.88. The first-order chi connectivity index (χ1) is 17.7. The smallest absolute Gasteiger partial charge is 0.251 e. The summed E-state index contributed by atoms with van der Waals surface area (Å²) in [4.78, 5) is 30.0. The molecular formula is C29H31N3O4. The number of carbonyl (C=O) groups is 2. The number of benzene rings is 3. The molecule has 0 aliphatic carbocycles. The Morgan fingerprint density at radius 2 is 1.44 bits per heavy atom. The molecule has 7 nitrogen and oxygen atoms in total. The molecule has 2 aliphatic rings. The summed E-state index contributed by atoms with van der Waals surface area (Å²) in [5.74, 6) is 1.37. The quantitative estimate of drug-likeness (QED) is 0.529. The lowest BCUT2D eigenvalue weighted by Gasteiger charge is -2.35. The highest BCUT2D eigenvalue weighted by atomic mass is 16.7. The summed E-state index contributed by atoms with van der Waals surface area (Å²) < 4.78 is 10.6. The average molecular weight is 486 g/mol. The highest BCUT2D eigenvalue weighted by Crippen LogP contribution is 2.32. The number of nitrogens with zero attached hydrogens (tertiary/aromatic N) is 2. The van der Waals surface area contributed by atoms with Crippen LogP contribution in [0, 0.1) is 0 Å². The van der Waals surface area contributed by atoms with Crippen LogP contribution < -0.4 is 14.8 Å². The predicted octanol–water partition coefficient (Wildman–Crippen LogP) is 3.51. The normalized spacial score (nSPS) is 15.2. The molecule has 5 rings (SSSR count). The Balaban J connectivity index is 1.09. The van der Waals surface area contributed by atoms with E-state index in [1.165, 1.54) is 0 Å². The van der Waals surface area contributed by atoms with Gasteiger partial charge in [-0.3, -0.25) is 14.5 Å². The van der Waals surface area contributed by atoms with Gasteiger partial charge in [0.25, 0.3) is 5.91 Å². The maximum atomic E-state index is 13.2. The first kappa shape index (κ1) is 23.9. The largest absolute Gasteiger partial charge is 0.454 e. The van der Waals surface area contributed by atoms with E-state index in [2.05, 4.69) is 34.5 Å².